The molecule has 0 aliphatic heterocycles. The lowest BCUT2D eigenvalue weighted by Crippen LogP contribution is -2.13. The second-order valence-electron chi connectivity index (χ2n) is 7.48. The number of anilines is 2. The highest BCUT2D eigenvalue weighted by atomic mass is 16.5. The summed E-state index contributed by atoms with van der Waals surface area (Å²) in [6.45, 7) is 0. The van der Waals surface area contributed by atoms with E-state index in [2.05, 4.69) is 10.3 Å². The zero-order valence-corrected chi connectivity index (χ0v) is 17.9. The molecule has 0 saturated carbocycles. The Morgan fingerprint density at radius 1 is 0.875 bits per heavy atom. The summed E-state index contributed by atoms with van der Waals surface area (Å²) in [7, 11) is 1.64. The SMILES string of the molecule is COc1ccc(-c2ccccc2C(=O)Nc2ccc(CCc3cccc(N)n3)cc2)cc1. The summed E-state index contributed by atoms with van der Waals surface area (Å²) in [5.74, 6) is 1.17. The van der Waals surface area contributed by atoms with Crippen LogP contribution in [0.3, 0.4) is 0 Å². The number of carbonyl (C=O) groups excluding carboxylic acids is 1. The van der Waals surface area contributed by atoms with Crippen molar-refractivity contribution in [3.05, 3.63) is 108 Å². The quantitative estimate of drug-likeness (QED) is 0.419. The number of benzene rings is 3. The van der Waals surface area contributed by atoms with E-state index in [1.54, 1.807) is 13.2 Å². The van der Waals surface area contributed by atoms with Crippen molar-refractivity contribution in [1.82, 2.24) is 4.98 Å². The number of rotatable bonds is 7. The zero-order valence-electron chi connectivity index (χ0n) is 17.9. The van der Waals surface area contributed by atoms with Crippen molar-refractivity contribution in [2.24, 2.45) is 0 Å². The van der Waals surface area contributed by atoms with Crippen LogP contribution in [0.25, 0.3) is 11.1 Å². The average Bonchev–Trinajstić information content (AvgIpc) is 2.84. The van der Waals surface area contributed by atoms with Crippen LogP contribution in [0.4, 0.5) is 11.5 Å². The first-order valence-corrected chi connectivity index (χ1v) is 10.5. The fourth-order valence-corrected chi connectivity index (χ4v) is 3.57. The van der Waals surface area contributed by atoms with Crippen LogP contribution in [0.15, 0.2) is 91.0 Å². The topological polar surface area (TPSA) is 77.2 Å². The number of pyridine rings is 1. The number of hydrogen-bond donors (Lipinski definition) is 2. The maximum Gasteiger partial charge on any atom is 0.256 e. The summed E-state index contributed by atoms with van der Waals surface area (Å²) in [6, 6.07) is 28.9. The Balaban J connectivity index is 1.44. The van der Waals surface area contributed by atoms with Crippen molar-refractivity contribution in [1.29, 1.82) is 0 Å². The lowest BCUT2D eigenvalue weighted by Gasteiger charge is -2.11. The molecule has 3 aromatic carbocycles. The van der Waals surface area contributed by atoms with Crippen molar-refractivity contribution in [2.45, 2.75) is 12.8 Å². The van der Waals surface area contributed by atoms with Crippen molar-refractivity contribution >= 4 is 17.4 Å². The minimum Gasteiger partial charge on any atom is -0.497 e. The standard InChI is InChI=1S/C27H25N3O2/c1-32-23-17-12-20(13-18-23)24-6-2-3-7-25(24)27(31)30-22-15-10-19(11-16-22)9-14-21-5-4-8-26(28)29-21/h2-8,10-13,15-18H,9,14H2,1H3,(H2,28,29)(H,30,31). The number of ether oxygens (including phenoxy) is 1. The molecule has 0 bridgehead atoms. The number of amides is 1. The molecule has 4 aromatic rings. The van der Waals surface area contributed by atoms with Crippen molar-refractivity contribution in [3.8, 4) is 16.9 Å². The summed E-state index contributed by atoms with van der Waals surface area (Å²) >= 11 is 0. The van der Waals surface area contributed by atoms with Crippen molar-refractivity contribution in [2.75, 3.05) is 18.2 Å². The third-order valence-corrected chi connectivity index (χ3v) is 5.28. The molecule has 0 fully saturated rings. The van der Waals surface area contributed by atoms with E-state index in [4.69, 9.17) is 10.5 Å². The maximum absolute atomic E-state index is 13.0. The Morgan fingerprint density at radius 3 is 2.34 bits per heavy atom. The molecular formula is C27H25N3O2. The highest BCUT2D eigenvalue weighted by Gasteiger charge is 2.13. The normalized spacial score (nSPS) is 10.5. The van der Waals surface area contributed by atoms with Crippen LogP contribution < -0.4 is 15.8 Å². The van der Waals surface area contributed by atoms with Gasteiger partial charge in [-0.15, -0.1) is 0 Å². The van der Waals surface area contributed by atoms with E-state index in [0.717, 1.165) is 41.1 Å². The van der Waals surface area contributed by atoms with E-state index in [1.165, 1.54) is 5.56 Å². The molecule has 3 N–H and O–H groups in total. The number of nitrogens with two attached hydrogens (primary N) is 1. The smallest absolute Gasteiger partial charge is 0.256 e. The van der Waals surface area contributed by atoms with E-state index in [9.17, 15) is 4.79 Å². The second kappa shape index (κ2) is 9.79. The van der Waals surface area contributed by atoms with Gasteiger partial charge in [0.2, 0.25) is 0 Å². The van der Waals surface area contributed by atoms with Crippen molar-refractivity contribution in [3.63, 3.8) is 0 Å². The van der Waals surface area contributed by atoms with Gasteiger partial charge in [0, 0.05) is 16.9 Å². The largest absolute Gasteiger partial charge is 0.497 e. The molecule has 1 amide bonds. The molecular weight excluding hydrogens is 398 g/mol. The predicted octanol–water partition coefficient (Wildman–Crippen LogP) is 5.38. The summed E-state index contributed by atoms with van der Waals surface area (Å²) in [6.07, 6.45) is 1.66. The van der Waals surface area contributed by atoms with Crippen LogP contribution in [-0.2, 0) is 12.8 Å². The van der Waals surface area contributed by atoms with Crippen LogP contribution in [0.5, 0.6) is 5.75 Å². The molecule has 5 heteroatoms. The Kier molecular flexibility index (Phi) is 6.46. The highest BCUT2D eigenvalue weighted by molar-refractivity contribution is 6.08. The zero-order chi connectivity index (χ0) is 22.3. The molecule has 0 radical (unpaired) electrons. The van der Waals surface area contributed by atoms with Crippen molar-refractivity contribution < 1.29 is 9.53 Å². The third-order valence-electron chi connectivity index (χ3n) is 5.28. The molecule has 4 rings (SSSR count). The Labute approximate surface area is 187 Å². The number of aromatic nitrogens is 1. The van der Waals surface area contributed by atoms with Gasteiger partial charge in [0.15, 0.2) is 0 Å². The molecule has 0 unspecified atom stereocenters. The van der Waals surface area contributed by atoms with E-state index >= 15 is 0 Å². The van der Waals surface area contributed by atoms with Crippen LogP contribution >= 0.6 is 0 Å². The first-order chi connectivity index (χ1) is 15.6. The van der Waals surface area contributed by atoms with Gasteiger partial charge in [-0.3, -0.25) is 4.79 Å². The summed E-state index contributed by atoms with van der Waals surface area (Å²) in [5.41, 5.74) is 11.1. The van der Waals surface area contributed by atoms with Crippen LogP contribution in [-0.4, -0.2) is 18.0 Å². The highest BCUT2D eigenvalue weighted by Crippen LogP contribution is 2.26. The van der Waals surface area contributed by atoms with Gasteiger partial charge in [0.1, 0.15) is 11.6 Å². The van der Waals surface area contributed by atoms with Crippen LogP contribution in [0.2, 0.25) is 0 Å². The molecule has 0 aliphatic carbocycles. The first kappa shape index (κ1) is 21.1. The number of methoxy groups -OCH3 is 1. The summed E-state index contributed by atoms with van der Waals surface area (Å²) < 4.78 is 5.23. The monoisotopic (exact) mass is 423 g/mol. The van der Waals surface area contributed by atoms with Crippen LogP contribution in [0, 0.1) is 0 Å². The van der Waals surface area contributed by atoms with E-state index in [-0.39, 0.29) is 5.91 Å². The molecule has 32 heavy (non-hydrogen) atoms. The van der Waals surface area contributed by atoms with Gasteiger partial charge >= 0.3 is 0 Å². The number of carbonyl (C=O) groups is 1. The third kappa shape index (κ3) is 5.13. The van der Waals surface area contributed by atoms with Crippen LogP contribution in [0.1, 0.15) is 21.6 Å². The number of aryl methyl sites for hydroxylation is 2. The first-order valence-electron chi connectivity index (χ1n) is 10.5. The Morgan fingerprint density at radius 2 is 1.62 bits per heavy atom. The fourth-order valence-electron chi connectivity index (χ4n) is 3.57. The molecule has 160 valence electrons. The Bertz CT molecular complexity index is 1200. The van der Waals surface area contributed by atoms with Gasteiger partial charge in [-0.1, -0.05) is 48.5 Å². The molecule has 0 aliphatic rings. The van der Waals surface area contributed by atoms with Gasteiger partial charge in [-0.25, -0.2) is 4.98 Å². The number of hydrogen-bond acceptors (Lipinski definition) is 4. The minimum absolute atomic E-state index is 0.145. The molecule has 1 aromatic heterocycles. The Hall–Kier alpha value is -4.12. The van der Waals surface area contributed by atoms with E-state index in [0.29, 0.717) is 11.4 Å². The van der Waals surface area contributed by atoms with Gasteiger partial charge in [0.25, 0.3) is 5.91 Å². The van der Waals surface area contributed by atoms with Gasteiger partial charge in [0.05, 0.1) is 7.11 Å². The van der Waals surface area contributed by atoms with E-state index in [1.807, 2.05) is 84.9 Å². The van der Waals surface area contributed by atoms with Gasteiger partial charge in [-0.2, -0.15) is 0 Å². The minimum atomic E-state index is -0.145. The van der Waals surface area contributed by atoms with Gasteiger partial charge in [-0.05, 0) is 72.0 Å². The molecule has 1 heterocycles. The second-order valence-corrected chi connectivity index (χ2v) is 7.48. The predicted molar refractivity (Wildman–Crippen MR) is 129 cm³/mol. The summed E-state index contributed by atoms with van der Waals surface area (Å²) in [5, 5.41) is 3.01. The lowest BCUT2D eigenvalue weighted by atomic mass is 9.99. The summed E-state index contributed by atoms with van der Waals surface area (Å²) in [4.78, 5) is 17.3. The molecule has 5 nitrogen and oxygen atoms in total. The lowest BCUT2D eigenvalue weighted by molar-refractivity contribution is 0.102. The van der Waals surface area contributed by atoms with Gasteiger partial charge < -0.3 is 15.8 Å². The average molecular weight is 424 g/mol. The van der Waals surface area contributed by atoms with E-state index < -0.39 is 0 Å². The fraction of sp³-hybridized carbons (Fsp3) is 0.111. The number of nitrogen functional groups attached to an aromatic ring is 1. The molecule has 0 spiro atoms. The number of nitrogens with zero attached hydrogens (tertiary/aromatic N) is 1. The molecule has 0 saturated heterocycles. The number of nitrogens with one attached hydrogen (secondary N) is 1. The maximum atomic E-state index is 13.0. The molecule has 0 atom stereocenters.